The van der Waals surface area contributed by atoms with Gasteiger partial charge in [-0.05, 0) is 28.1 Å². The molecule has 1 aromatic rings. The first kappa shape index (κ1) is 13.6. The monoisotopic (exact) mass is 302 g/mol. The highest BCUT2D eigenvalue weighted by Gasteiger charge is 2.14. The molecule has 6 nitrogen and oxygen atoms in total. The van der Waals surface area contributed by atoms with Crippen molar-refractivity contribution in [2.24, 2.45) is 0 Å². The number of hydrogen-bond acceptors (Lipinski definition) is 4. The van der Waals surface area contributed by atoms with Crippen LogP contribution in [0.2, 0.25) is 0 Å². The maximum absolute atomic E-state index is 11.6. The van der Waals surface area contributed by atoms with Crippen LogP contribution in [0.1, 0.15) is 16.9 Å². The summed E-state index contributed by atoms with van der Waals surface area (Å²) in [5, 5.41) is 19.9. The average Bonchev–Trinajstić information content (AvgIpc) is 2.29. The van der Waals surface area contributed by atoms with Crippen LogP contribution in [0.25, 0.3) is 0 Å². The van der Waals surface area contributed by atoms with E-state index in [1.54, 1.807) is 12.1 Å². The minimum atomic E-state index is -1.47. The SMILES string of the molecule is O=C(NCC[C@H](O)C(=O)O)c1ncccc1Br. The van der Waals surface area contributed by atoms with Gasteiger partial charge >= 0.3 is 5.97 Å². The molecular formula is C10H11BrN2O4. The fourth-order valence-electron chi connectivity index (χ4n) is 1.08. The van der Waals surface area contributed by atoms with Gasteiger partial charge in [0.05, 0.1) is 0 Å². The highest BCUT2D eigenvalue weighted by Crippen LogP contribution is 2.12. The number of halogens is 1. The van der Waals surface area contributed by atoms with Crippen LogP contribution in [0.3, 0.4) is 0 Å². The Kier molecular flexibility index (Phi) is 5.05. The van der Waals surface area contributed by atoms with Gasteiger partial charge in [-0.2, -0.15) is 0 Å². The Morgan fingerprint density at radius 2 is 2.24 bits per heavy atom. The van der Waals surface area contributed by atoms with Crippen molar-refractivity contribution in [2.75, 3.05) is 6.54 Å². The van der Waals surface area contributed by atoms with Gasteiger partial charge in [-0.3, -0.25) is 4.79 Å². The number of carbonyl (C=O) groups is 2. The number of carboxylic acids is 1. The van der Waals surface area contributed by atoms with Crippen LogP contribution >= 0.6 is 15.9 Å². The lowest BCUT2D eigenvalue weighted by atomic mass is 10.2. The molecule has 3 N–H and O–H groups in total. The Morgan fingerprint density at radius 1 is 1.53 bits per heavy atom. The first-order valence-electron chi connectivity index (χ1n) is 4.82. The van der Waals surface area contributed by atoms with Gasteiger partial charge in [0, 0.05) is 23.6 Å². The molecule has 1 amide bonds. The van der Waals surface area contributed by atoms with E-state index in [4.69, 9.17) is 10.2 Å². The Morgan fingerprint density at radius 3 is 2.82 bits per heavy atom. The number of aliphatic hydroxyl groups excluding tert-OH is 1. The maximum Gasteiger partial charge on any atom is 0.332 e. The summed E-state index contributed by atoms with van der Waals surface area (Å²) < 4.78 is 0.552. The zero-order chi connectivity index (χ0) is 12.8. The van der Waals surface area contributed by atoms with Crippen LogP contribution < -0.4 is 5.32 Å². The first-order chi connectivity index (χ1) is 8.02. The number of aliphatic hydroxyl groups is 1. The van der Waals surface area contributed by atoms with E-state index in [0.717, 1.165) is 0 Å². The normalized spacial score (nSPS) is 11.9. The lowest BCUT2D eigenvalue weighted by Crippen LogP contribution is -2.30. The van der Waals surface area contributed by atoms with Crippen LogP contribution in [-0.2, 0) is 4.79 Å². The third-order valence-electron chi connectivity index (χ3n) is 1.96. The molecule has 0 radical (unpaired) electrons. The molecule has 0 bridgehead atoms. The van der Waals surface area contributed by atoms with Crippen molar-refractivity contribution < 1.29 is 19.8 Å². The molecular weight excluding hydrogens is 292 g/mol. The molecule has 1 atom stereocenters. The summed E-state index contributed by atoms with van der Waals surface area (Å²) in [5.74, 6) is -1.73. The van der Waals surface area contributed by atoms with Gasteiger partial charge in [-0.1, -0.05) is 0 Å². The summed E-state index contributed by atoms with van der Waals surface area (Å²) in [4.78, 5) is 25.8. The summed E-state index contributed by atoms with van der Waals surface area (Å²) in [6, 6.07) is 3.35. The number of nitrogens with one attached hydrogen (secondary N) is 1. The lowest BCUT2D eigenvalue weighted by Gasteiger charge is -2.07. The van der Waals surface area contributed by atoms with Gasteiger partial charge in [0.1, 0.15) is 5.69 Å². The topological polar surface area (TPSA) is 99.5 Å². The minimum absolute atomic E-state index is 0.0501. The number of pyridine rings is 1. The number of carboxylic acid groups (broad SMARTS) is 1. The number of aromatic nitrogens is 1. The molecule has 7 heteroatoms. The van der Waals surface area contributed by atoms with Gasteiger partial charge in [0.15, 0.2) is 6.10 Å². The largest absolute Gasteiger partial charge is 0.479 e. The van der Waals surface area contributed by atoms with Crippen molar-refractivity contribution in [3.63, 3.8) is 0 Å². The number of amides is 1. The number of hydrogen-bond donors (Lipinski definition) is 3. The smallest absolute Gasteiger partial charge is 0.332 e. The summed E-state index contributed by atoms with van der Waals surface area (Å²) in [6.07, 6.45) is -0.0421. The number of rotatable bonds is 5. The van der Waals surface area contributed by atoms with Crippen LogP contribution in [0.15, 0.2) is 22.8 Å². The highest BCUT2D eigenvalue weighted by molar-refractivity contribution is 9.10. The molecule has 0 fully saturated rings. The summed E-state index contributed by atoms with van der Waals surface area (Å²) in [6.45, 7) is 0.0648. The molecule has 0 unspecified atom stereocenters. The third kappa shape index (κ3) is 4.12. The van der Waals surface area contributed by atoms with Crippen LogP contribution in [0, 0.1) is 0 Å². The molecule has 0 spiro atoms. The molecule has 17 heavy (non-hydrogen) atoms. The Hall–Kier alpha value is -1.47. The predicted octanol–water partition coefficient (Wildman–Crippen LogP) is 0.410. The molecule has 0 aromatic carbocycles. The second-order valence-electron chi connectivity index (χ2n) is 3.23. The van der Waals surface area contributed by atoms with E-state index >= 15 is 0 Å². The standard InChI is InChI=1S/C10H11BrN2O4/c11-6-2-1-4-12-8(6)9(15)13-5-3-7(14)10(16)17/h1-2,4,7,14H,3,5H2,(H,13,15)(H,16,17)/t7-/m0/s1. The zero-order valence-electron chi connectivity index (χ0n) is 8.76. The highest BCUT2D eigenvalue weighted by atomic mass is 79.9. The predicted molar refractivity (Wildman–Crippen MR) is 62.5 cm³/mol. The summed E-state index contributed by atoms with van der Waals surface area (Å²) in [5.41, 5.74) is 0.220. The van der Waals surface area contributed by atoms with Crippen molar-refractivity contribution in [1.29, 1.82) is 0 Å². The molecule has 0 saturated carbocycles. The summed E-state index contributed by atoms with van der Waals surface area (Å²) >= 11 is 3.17. The molecule has 0 aliphatic carbocycles. The van der Waals surface area contributed by atoms with E-state index in [-0.39, 0.29) is 18.7 Å². The van der Waals surface area contributed by atoms with E-state index in [0.29, 0.717) is 4.47 Å². The van der Waals surface area contributed by atoms with Gasteiger partial charge < -0.3 is 15.5 Å². The van der Waals surface area contributed by atoms with Crippen molar-refractivity contribution >= 4 is 27.8 Å². The van der Waals surface area contributed by atoms with E-state index in [2.05, 4.69) is 26.2 Å². The van der Waals surface area contributed by atoms with Gasteiger partial charge in [0.2, 0.25) is 0 Å². The second-order valence-corrected chi connectivity index (χ2v) is 4.09. The van der Waals surface area contributed by atoms with E-state index < -0.39 is 18.0 Å². The number of carbonyl (C=O) groups excluding carboxylic acids is 1. The average molecular weight is 303 g/mol. The molecule has 0 aliphatic heterocycles. The van der Waals surface area contributed by atoms with E-state index in [1.165, 1.54) is 6.20 Å². The van der Waals surface area contributed by atoms with Gasteiger partial charge in [-0.25, -0.2) is 9.78 Å². The molecule has 0 aliphatic rings. The van der Waals surface area contributed by atoms with Crippen molar-refractivity contribution in [3.05, 3.63) is 28.5 Å². The van der Waals surface area contributed by atoms with E-state index in [9.17, 15) is 9.59 Å². The van der Waals surface area contributed by atoms with Gasteiger partial charge in [-0.15, -0.1) is 0 Å². The number of nitrogens with zero attached hydrogens (tertiary/aromatic N) is 1. The second kappa shape index (κ2) is 6.31. The fraction of sp³-hybridized carbons (Fsp3) is 0.300. The quantitative estimate of drug-likeness (QED) is 0.731. The van der Waals surface area contributed by atoms with Crippen LogP contribution in [0.4, 0.5) is 0 Å². The molecule has 1 heterocycles. The molecule has 0 saturated heterocycles. The fourth-order valence-corrected chi connectivity index (χ4v) is 1.52. The Bertz CT molecular complexity index is 425. The van der Waals surface area contributed by atoms with Crippen molar-refractivity contribution in [3.8, 4) is 0 Å². The molecule has 1 rings (SSSR count). The van der Waals surface area contributed by atoms with Gasteiger partial charge in [0.25, 0.3) is 5.91 Å². The maximum atomic E-state index is 11.6. The Labute approximate surface area is 106 Å². The van der Waals surface area contributed by atoms with Crippen LogP contribution in [0.5, 0.6) is 0 Å². The first-order valence-corrected chi connectivity index (χ1v) is 5.61. The Balaban J connectivity index is 2.46. The number of aliphatic carboxylic acids is 1. The summed E-state index contributed by atoms with van der Waals surface area (Å²) in [7, 11) is 0. The minimum Gasteiger partial charge on any atom is -0.479 e. The zero-order valence-corrected chi connectivity index (χ0v) is 10.3. The van der Waals surface area contributed by atoms with E-state index in [1.807, 2.05) is 0 Å². The third-order valence-corrected chi connectivity index (χ3v) is 2.60. The van der Waals surface area contributed by atoms with Crippen LogP contribution in [-0.4, -0.2) is 39.7 Å². The van der Waals surface area contributed by atoms with Crippen molar-refractivity contribution in [1.82, 2.24) is 10.3 Å². The van der Waals surface area contributed by atoms with Crippen molar-refractivity contribution in [2.45, 2.75) is 12.5 Å². The molecule has 92 valence electrons. The lowest BCUT2D eigenvalue weighted by molar-refractivity contribution is -0.146. The molecule has 1 aromatic heterocycles.